The molecule has 0 radical (unpaired) electrons. The molecule has 44 heavy (non-hydrogen) atoms. The van der Waals surface area contributed by atoms with E-state index in [1.165, 1.54) is 6.92 Å². The van der Waals surface area contributed by atoms with Gasteiger partial charge in [-0.1, -0.05) is 80.0 Å². The Kier molecular flexibility index (Phi) is 11.0. The van der Waals surface area contributed by atoms with Gasteiger partial charge in [0.2, 0.25) is 23.6 Å². The van der Waals surface area contributed by atoms with Gasteiger partial charge in [-0.05, 0) is 60.2 Å². The number of amides is 4. The molecule has 1 heterocycles. The fourth-order valence-electron chi connectivity index (χ4n) is 5.87. The van der Waals surface area contributed by atoms with Crippen LogP contribution in [-0.2, 0) is 32.0 Å². The van der Waals surface area contributed by atoms with Crippen molar-refractivity contribution in [2.24, 2.45) is 5.92 Å². The lowest BCUT2D eigenvalue weighted by atomic mass is 9.94. The van der Waals surface area contributed by atoms with Crippen LogP contribution in [0, 0.1) is 5.92 Å². The largest absolute Gasteiger partial charge is 0.352 e. The van der Waals surface area contributed by atoms with E-state index < -0.39 is 18.1 Å². The van der Waals surface area contributed by atoms with Crippen molar-refractivity contribution in [3.63, 3.8) is 0 Å². The Balaban J connectivity index is 1.63. The van der Waals surface area contributed by atoms with Crippen molar-refractivity contribution < 1.29 is 19.2 Å². The van der Waals surface area contributed by atoms with E-state index in [1.807, 2.05) is 76.2 Å². The quantitative estimate of drug-likeness (QED) is 0.324. The zero-order valence-electron chi connectivity index (χ0n) is 26.2. The molecule has 3 aromatic rings. The topological polar surface area (TPSA) is 98.8 Å². The number of carbonyl (C=O) groups is 4. The number of fused-ring (bicyclic) bond motifs is 1. The Morgan fingerprint density at radius 3 is 2.16 bits per heavy atom. The van der Waals surface area contributed by atoms with E-state index in [0.717, 1.165) is 21.9 Å². The molecule has 3 aromatic carbocycles. The molecule has 0 aliphatic carbocycles. The number of piperazine rings is 1. The van der Waals surface area contributed by atoms with Gasteiger partial charge in [0.05, 0.1) is 0 Å². The molecule has 1 fully saturated rings. The average Bonchev–Trinajstić information content (AvgIpc) is 2.96. The number of hydrogen-bond acceptors (Lipinski definition) is 4. The first-order valence-electron chi connectivity index (χ1n) is 15.3. The van der Waals surface area contributed by atoms with Crippen LogP contribution < -0.4 is 10.6 Å². The van der Waals surface area contributed by atoms with E-state index in [-0.39, 0.29) is 55.1 Å². The van der Waals surface area contributed by atoms with Gasteiger partial charge in [-0.3, -0.25) is 19.2 Å². The van der Waals surface area contributed by atoms with Gasteiger partial charge in [-0.15, -0.1) is 0 Å². The molecule has 3 atom stereocenters. The Labute approximate surface area is 265 Å². The summed E-state index contributed by atoms with van der Waals surface area (Å²) in [6.45, 7) is 9.64. The highest BCUT2D eigenvalue weighted by Crippen LogP contribution is 2.25. The highest BCUT2D eigenvalue weighted by atomic mass is 35.5. The molecule has 1 saturated heterocycles. The van der Waals surface area contributed by atoms with Gasteiger partial charge in [-0.2, -0.15) is 0 Å². The maximum absolute atomic E-state index is 14.3. The third kappa shape index (κ3) is 8.38. The first-order chi connectivity index (χ1) is 20.9. The Morgan fingerprint density at radius 1 is 0.864 bits per heavy atom. The number of benzene rings is 3. The van der Waals surface area contributed by atoms with Crippen molar-refractivity contribution in [1.29, 1.82) is 0 Å². The molecule has 1 aliphatic rings. The number of carbonyl (C=O) groups excluding carboxylic acids is 4. The molecule has 0 saturated carbocycles. The highest BCUT2D eigenvalue weighted by Gasteiger charge is 2.43. The molecule has 2 N–H and O–H groups in total. The molecular weight excluding hydrogens is 576 g/mol. The Morgan fingerprint density at radius 2 is 1.52 bits per heavy atom. The third-order valence-corrected chi connectivity index (χ3v) is 8.14. The van der Waals surface area contributed by atoms with E-state index in [2.05, 4.69) is 16.7 Å². The van der Waals surface area contributed by atoms with Crippen molar-refractivity contribution in [3.8, 4) is 0 Å². The standard InChI is InChI=1S/C35H43ClN4O4/c1-22(2)18-32-35(44)39(16-17-40(32)34(43)30(38-24(5)41)20-25-11-14-29(36)15-12-25)31(33(42)37-23(3)4)21-26-10-13-27-8-6-7-9-28(27)19-26/h6-15,19,22-23,30-32H,16-18,20-21H2,1-5H3,(H,37,42)(H,38,41)/t30?,31?,32-/m1/s1. The summed E-state index contributed by atoms with van der Waals surface area (Å²) in [6, 6.07) is 18.8. The van der Waals surface area contributed by atoms with Gasteiger partial charge >= 0.3 is 0 Å². The molecule has 0 spiro atoms. The zero-order valence-corrected chi connectivity index (χ0v) is 26.9. The van der Waals surface area contributed by atoms with Crippen LogP contribution in [0.15, 0.2) is 66.7 Å². The van der Waals surface area contributed by atoms with Crippen LogP contribution in [0.3, 0.4) is 0 Å². The SMILES string of the molecule is CC(=O)NC(Cc1ccc(Cl)cc1)C(=O)N1CCN(C(Cc2ccc3ccccc3c2)C(=O)NC(C)C)C(=O)[C@H]1CC(C)C. The first-order valence-corrected chi connectivity index (χ1v) is 15.7. The van der Waals surface area contributed by atoms with Crippen LogP contribution in [0.25, 0.3) is 10.8 Å². The smallest absolute Gasteiger partial charge is 0.246 e. The lowest BCUT2D eigenvalue weighted by molar-refractivity contribution is -0.157. The summed E-state index contributed by atoms with van der Waals surface area (Å²) in [4.78, 5) is 57.4. The van der Waals surface area contributed by atoms with Crippen LogP contribution in [-0.4, -0.2) is 70.7 Å². The highest BCUT2D eigenvalue weighted by molar-refractivity contribution is 6.30. The summed E-state index contributed by atoms with van der Waals surface area (Å²) in [5.74, 6) is -1.01. The molecule has 2 unspecified atom stereocenters. The van der Waals surface area contributed by atoms with Crippen LogP contribution >= 0.6 is 11.6 Å². The van der Waals surface area contributed by atoms with Crippen molar-refractivity contribution in [2.45, 2.75) is 78.0 Å². The number of rotatable bonds is 11. The van der Waals surface area contributed by atoms with Gasteiger partial charge in [-0.25, -0.2) is 0 Å². The Hall–Kier alpha value is -3.91. The monoisotopic (exact) mass is 618 g/mol. The van der Waals surface area contributed by atoms with Gasteiger partial charge in [0.15, 0.2) is 0 Å². The molecule has 0 bridgehead atoms. The summed E-state index contributed by atoms with van der Waals surface area (Å²) >= 11 is 6.05. The summed E-state index contributed by atoms with van der Waals surface area (Å²) in [7, 11) is 0. The predicted molar refractivity (Wildman–Crippen MR) is 174 cm³/mol. The maximum Gasteiger partial charge on any atom is 0.246 e. The lowest BCUT2D eigenvalue weighted by Gasteiger charge is -2.45. The molecule has 9 heteroatoms. The molecule has 234 valence electrons. The van der Waals surface area contributed by atoms with Crippen LogP contribution in [0.5, 0.6) is 0 Å². The predicted octanol–water partition coefficient (Wildman–Crippen LogP) is 4.76. The fourth-order valence-corrected chi connectivity index (χ4v) is 6.00. The second-order valence-corrected chi connectivity index (χ2v) is 12.8. The molecule has 4 rings (SSSR count). The minimum Gasteiger partial charge on any atom is -0.352 e. The van der Waals surface area contributed by atoms with Crippen LogP contribution in [0.1, 0.15) is 52.2 Å². The number of halogens is 1. The second-order valence-electron chi connectivity index (χ2n) is 12.4. The van der Waals surface area contributed by atoms with Crippen LogP contribution in [0.2, 0.25) is 5.02 Å². The third-order valence-electron chi connectivity index (χ3n) is 7.89. The van der Waals surface area contributed by atoms with E-state index in [9.17, 15) is 19.2 Å². The minimum atomic E-state index is -0.847. The number of hydrogen-bond donors (Lipinski definition) is 2. The number of nitrogens with one attached hydrogen (secondary N) is 2. The van der Waals surface area contributed by atoms with Gasteiger partial charge in [0, 0.05) is 43.9 Å². The van der Waals surface area contributed by atoms with Gasteiger partial charge < -0.3 is 20.4 Å². The van der Waals surface area contributed by atoms with Crippen molar-refractivity contribution in [2.75, 3.05) is 13.1 Å². The van der Waals surface area contributed by atoms with E-state index in [0.29, 0.717) is 17.9 Å². The zero-order chi connectivity index (χ0) is 32.0. The van der Waals surface area contributed by atoms with Crippen molar-refractivity contribution >= 4 is 46.0 Å². The molecule has 4 amide bonds. The molecule has 8 nitrogen and oxygen atoms in total. The van der Waals surface area contributed by atoms with Crippen molar-refractivity contribution in [3.05, 3.63) is 82.9 Å². The van der Waals surface area contributed by atoms with E-state index in [4.69, 9.17) is 11.6 Å². The van der Waals surface area contributed by atoms with Gasteiger partial charge in [0.25, 0.3) is 0 Å². The minimum absolute atomic E-state index is 0.0997. The summed E-state index contributed by atoms with van der Waals surface area (Å²) in [5.41, 5.74) is 1.79. The first kappa shape index (κ1) is 33.0. The fraction of sp³-hybridized carbons (Fsp3) is 0.429. The van der Waals surface area contributed by atoms with E-state index >= 15 is 0 Å². The number of nitrogens with zero attached hydrogens (tertiary/aromatic N) is 2. The molecule has 1 aliphatic heterocycles. The van der Waals surface area contributed by atoms with Crippen molar-refractivity contribution in [1.82, 2.24) is 20.4 Å². The summed E-state index contributed by atoms with van der Waals surface area (Å²) in [5, 5.41) is 8.55. The average molecular weight is 619 g/mol. The molecular formula is C35H43ClN4O4. The second kappa shape index (κ2) is 14.7. The van der Waals surface area contributed by atoms with E-state index in [1.54, 1.807) is 21.9 Å². The summed E-state index contributed by atoms with van der Waals surface area (Å²) < 4.78 is 0. The Bertz CT molecular complexity index is 1490. The normalized spacial score (nSPS) is 16.7. The maximum atomic E-state index is 14.3. The lowest BCUT2D eigenvalue weighted by Crippen LogP contribution is -2.66. The summed E-state index contributed by atoms with van der Waals surface area (Å²) in [6.07, 6.45) is 1.05. The molecule has 0 aromatic heterocycles. The van der Waals surface area contributed by atoms with Crippen LogP contribution in [0.4, 0.5) is 0 Å². The van der Waals surface area contributed by atoms with Gasteiger partial charge in [0.1, 0.15) is 18.1 Å².